The third-order valence-electron chi connectivity index (χ3n) is 3.32. The van der Waals surface area contributed by atoms with E-state index in [1.54, 1.807) is 0 Å². The zero-order chi connectivity index (χ0) is 14.8. The second-order valence-electron chi connectivity index (χ2n) is 4.92. The van der Waals surface area contributed by atoms with Gasteiger partial charge in [0.1, 0.15) is 11.0 Å². The van der Waals surface area contributed by atoms with E-state index in [0.717, 1.165) is 19.4 Å². The van der Waals surface area contributed by atoms with Gasteiger partial charge in [-0.05, 0) is 38.4 Å². The minimum Gasteiger partial charge on any atom is -0.314 e. The summed E-state index contributed by atoms with van der Waals surface area (Å²) in [6.07, 6.45) is 1.45. The molecule has 1 aromatic rings. The number of benzene rings is 1. The van der Waals surface area contributed by atoms with Crippen molar-refractivity contribution in [3.05, 3.63) is 28.8 Å². The number of sulfonamides is 1. The van der Waals surface area contributed by atoms with E-state index >= 15 is 0 Å². The summed E-state index contributed by atoms with van der Waals surface area (Å²) in [5, 5.41) is 12.5. The lowest BCUT2D eigenvalue weighted by molar-refractivity contribution is 0.361. The van der Waals surface area contributed by atoms with Crippen molar-refractivity contribution in [1.82, 2.24) is 10.0 Å². The maximum Gasteiger partial charge on any atom is 0.242 e. The third kappa shape index (κ3) is 3.30. The highest BCUT2D eigenvalue weighted by Crippen LogP contribution is 2.23. The van der Waals surface area contributed by atoms with Crippen molar-refractivity contribution in [3.63, 3.8) is 0 Å². The lowest BCUT2D eigenvalue weighted by atomic mass is 10.0. The summed E-state index contributed by atoms with van der Waals surface area (Å²) in [6, 6.07) is 6.44. The van der Waals surface area contributed by atoms with Gasteiger partial charge in [-0.2, -0.15) is 5.26 Å². The molecule has 0 bridgehead atoms. The quantitative estimate of drug-likeness (QED) is 0.888. The van der Waals surface area contributed by atoms with E-state index in [-0.39, 0.29) is 27.6 Å². The maximum atomic E-state index is 12.4. The molecule has 7 heteroatoms. The Morgan fingerprint density at radius 3 is 2.90 bits per heavy atom. The molecule has 2 unspecified atom stereocenters. The van der Waals surface area contributed by atoms with E-state index in [1.807, 2.05) is 13.0 Å². The van der Waals surface area contributed by atoms with Crippen LogP contribution in [0.15, 0.2) is 23.1 Å². The van der Waals surface area contributed by atoms with Crippen molar-refractivity contribution >= 4 is 21.6 Å². The van der Waals surface area contributed by atoms with Crippen LogP contribution in [0.5, 0.6) is 0 Å². The Balaban J connectivity index is 2.27. The minimum atomic E-state index is -3.73. The maximum absolute atomic E-state index is 12.4. The minimum absolute atomic E-state index is 0.0105. The molecule has 1 aliphatic rings. The van der Waals surface area contributed by atoms with Crippen molar-refractivity contribution < 1.29 is 8.42 Å². The molecule has 1 saturated heterocycles. The molecule has 2 atom stereocenters. The fourth-order valence-corrected chi connectivity index (χ4v) is 4.09. The number of hydrogen-bond donors (Lipinski definition) is 2. The van der Waals surface area contributed by atoms with Gasteiger partial charge in [-0.15, -0.1) is 0 Å². The Kier molecular flexibility index (Phi) is 4.66. The molecule has 0 radical (unpaired) electrons. The fraction of sp³-hybridized carbons (Fsp3) is 0.462. The van der Waals surface area contributed by atoms with E-state index in [0.29, 0.717) is 0 Å². The first-order valence-electron chi connectivity index (χ1n) is 6.38. The number of nitrogens with one attached hydrogen (secondary N) is 2. The van der Waals surface area contributed by atoms with Crippen LogP contribution in [0.2, 0.25) is 5.02 Å². The summed E-state index contributed by atoms with van der Waals surface area (Å²) in [5.41, 5.74) is -0.0105. The van der Waals surface area contributed by atoms with Gasteiger partial charge in [-0.1, -0.05) is 17.7 Å². The van der Waals surface area contributed by atoms with Crippen LogP contribution in [0, 0.1) is 11.3 Å². The predicted molar refractivity (Wildman–Crippen MR) is 77.0 cm³/mol. The number of nitriles is 1. The average molecular weight is 314 g/mol. The molecule has 5 nitrogen and oxygen atoms in total. The Morgan fingerprint density at radius 2 is 2.25 bits per heavy atom. The topological polar surface area (TPSA) is 82.0 Å². The van der Waals surface area contributed by atoms with Gasteiger partial charge in [-0.3, -0.25) is 0 Å². The molecule has 2 N–H and O–H groups in total. The summed E-state index contributed by atoms with van der Waals surface area (Å²) in [6.45, 7) is 2.79. The highest BCUT2D eigenvalue weighted by molar-refractivity contribution is 7.89. The van der Waals surface area contributed by atoms with Crippen molar-refractivity contribution in [3.8, 4) is 6.07 Å². The van der Waals surface area contributed by atoms with E-state index in [2.05, 4.69) is 10.0 Å². The van der Waals surface area contributed by atoms with Crippen LogP contribution in [-0.2, 0) is 10.0 Å². The first kappa shape index (κ1) is 15.3. The number of nitrogens with zero attached hydrogens (tertiary/aromatic N) is 1. The summed E-state index contributed by atoms with van der Waals surface area (Å²) in [7, 11) is -3.73. The summed E-state index contributed by atoms with van der Waals surface area (Å²) in [5.74, 6) is 0. The molecule has 0 amide bonds. The van der Waals surface area contributed by atoms with Crippen LogP contribution in [0.25, 0.3) is 0 Å². The first-order chi connectivity index (χ1) is 9.44. The lowest BCUT2D eigenvalue weighted by Crippen LogP contribution is -2.46. The number of hydrogen-bond acceptors (Lipinski definition) is 4. The number of piperidine rings is 1. The van der Waals surface area contributed by atoms with Crippen LogP contribution >= 0.6 is 11.6 Å². The van der Waals surface area contributed by atoms with Crippen LogP contribution in [0.1, 0.15) is 25.3 Å². The van der Waals surface area contributed by atoms with Gasteiger partial charge in [0, 0.05) is 12.1 Å². The Bertz CT molecular complexity index is 640. The molecule has 1 aromatic carbocycles. The van der Waals surface area contributed by atoms with E-state index in [9.17, 15) is 8.42 Å². The van der Waals surface area contributed by atoms with E-state index in [4.69, 9.17) is 16.9 Å². The van der Waals surface area contributed by atoms with Gasteiger partial charge in [0.25, 0.3) is 0 Å². The lowest BCUT2D eigenvalue weighted by Gasteiger charge is -2.28. The van der Waals surface area contributed by atoms with Crippen LogP contribution in [-0.4, -0.2) is 27.0 Å². The molecule has 20 heavy (non-hydrogen) atoms. The molecule has 108 valence electrons. The molecule has 0 aliphatic carbocycles. The molecule has 0 aromatic heterocycles. The van der Waals surface area contributed by atoms with E-state index < -0.39 is 10.0 Å². The van der Waals surface area contributed by atoms with Crippen molar-refractivity contribution in [2.24, 2.45) is 0 Å². The van der Waals surface area contributed by atoms with Crippen molar-refractivity contribution in [2.75, 3.05) is 6.54 Å². The van der Waals surface area contributed by atoms with Gasteiger partial charge >= 0.3 is 0 Å². The van der Waals surface area contributed by atoms with Crippen LogP contribution in [0.3, 0.4) is 0 Å². The summed E-state index contributed by atoms with van der Waals surface area (Å²) < 4.78 is 27.5. The van der Waals surface area contributed by atoms with Gasteiger partial charge in [-0.25, -0.2) is 13.1 Å². The van der Waals surface area contributed by atoms with Gasteiger partial charge in [0.15, 0.2) is 0 Å². The highest BCUT2D eigenvalue weighted by Gasteiger charge is 2.26. The molecule has 0 spiro atoms. The molecule has 1 aliphatic heterocycles. The normalized spacial score (nSPS) is 23.2. The standard InChI is InChI=1S/C13H16ClN3O2S/c1-9-7-10(5-6-16-9)17-20(18,19)13-4-2-3-12(14)11(13)8-15/h2-4,9-10,16-17H,5-7H2,1H3. The number of halogens is 1. The van der Waals surface area contributed by atoms with Gasteiger partial charge in [0.2, 0.25) is 10.0 Å². The number of rotatable bonds is 3. The van der Waals surface area contributed by atoms with Gasteiger partial charge in [0.05, 0.1) is 10.6 Å². The summed E-state index contributed by atoms with van der Waals surface area (Å²) >= 11 is 5.88. The molecular weight excluding hydrogens is 298 g/mol. The van der Waals surface area contributed by atoms with Crippen molar-refractivity contribution in [2.45, 2.75) is 36.7 Å². The van der Waals surface area contributed by atoms with Crippen LogP contribution in [0.4, 0.5) is 0 Å². The monoisotopic (exact) mass is 313 g/mol. The molecular formula is C13H16ClN3O2S. The molecule has 1 heterocycles. The van der Waals surface area contributed by atoms with Crippen LogP contribution < -0.4 is 10.0 Å². The summed E-state index contributed by atoms with van der Waals surface area (Å²) in [4.78, 5) is -0.0568. The largest absolute Gasteiger partial charge is 0.314 e. The molecule has 2 rings (SSSR count). The average Bonchev–Trinajstić information content (AvgIpc) is 2.38. The van der Waals surface area contributed by atoms with Gasteiger partial charge < -0.3 is 5.32 Å². The molecule has 1 fully saturated rings. The fourth-order valence-electron chi connectivity index (χ4n) is 2.36. The Labute approximate surface area is 124 Å². The zero-order valence-electron chi connectivity index (χ0n) is 11.1. The third-order valence-corrected chi connectivity index (χ3v) is 5.20. The van der Waals surface area contributed by atoms with Crippen molar-refractivity contribution in [1.29, 1.82) is 5.26 Å². The second kappa shape index (κ2) is 6.10. The Morgan fingerprint density at radius 1 is 1.50 bits per heavy atom. The SMILES string of the molecule is CC1CC(NS(=O)(=O)c2cccc(Cl)c2C#N)CCN1. The van der Waals surface area contributed by atoms with E-state index in [1.165, 1.54) is 18.2 Å². The molecule has 0 saturated carbocycles. The predicted octanol–water partition coefficient (Wildman–Crippen LogP) is 1.63. The first-order valence-corrected chi connectivity index (χ1v) is 8.24. The highest BCUT2D eigenvalue weighted by atomic mass is 35.5. The second-order valence-corrected chi connectivity index (χ2v) is 7.01. The Hall–Kier alpha value is -1.13. The zero-order valence-corrected chi connectivity index (χ0v) is 12.6. The smallest absolute Gasteiger partial charge is 0.242 e.